The smallest absolute Gasteiger partial charge is 0.495 e. The topological polar surface area (TPSA) is 116 Å². The Morgan fingerprint density at radius 1 is 1.04 bits per heavy atom. The minimum Gasteiger partial charge on any atom is -0.495 e. The molecule has 142 valence electrons. The standard InChI is InChI=1S/C14H13F3N2O5S2/c1-24-12-7-6-9(25(20,21)14(15,16)17)8-13(12)26(22,23)19-11-5-3-2-4-10(11)18/h2-8,19H,18H2,1H3. The van der Waals surface area contributed by atoms with Crippen LogP contribution < -0.4 is 15.2 Å². The third kappa shape index (κ3) is 3.70. The Hall–Kier alpha value is -2.47. The first-order chi connectivity index (χ1) is 11.9. The highest BCUT2D eigenvalue weighted by molar-refractivity contribution is 7.93. The van der Waals surface area contributed by atoms with Crippen LogP contribution in [0.2, 0.25) is 0 Å². The second-order valence-corrected chi connectivity index (χ2v) is 8.55. The van der Waals surface area contributed by atoms with Crippen molar-refractivity contribution in [1.82, 2.24) is 0 Å². The first kappa shape index (κ1) is 19.8. The second kappa shape index (κ2) is 6.68. The summed E-state index contributed by atoms with van der Waals surface area (Å²) in [4.78, 5) is -2.01. The molecule has 0 amide bonds. The third-order valence-electron chi connectivity index (χ3n) is 3.24. The van der Waals surface area contributed by atoms with Crippen molar-refractivity contribution in [2.75, 3.05) is 17.6 Å². The Balaban J connectivity index is 2.61. The van der Waals surface area contributed by atoms with Crippen LogP contribution in [-0.4, -0.2) is 29.5 Å². The summed E-state index contributed by atoms with van der Waals surface area (Å²) in [7, 11) is -9.14. The number of nitrogens with two attached hydrogens (primary N) is 1. The molecule has 0 radical (unpaired) electrons. The number of hydrogen-bond acceptors (Lipinski definition) is 6. The summed E-state index contributed by atoms with van der Waals surface area (Å²) in [6.07, 6.45) is 0. The van der Waals surface area contributed by atoms with E-state index in [0.717, 1.165) is 13.2 Å². The van der Waals surface area contributed by atoms with E-state index in [1.807, 2.05) is 0 Å². The van der Waals surface area contributed by atoms with Crippen molar-refractivity contribution < 1.29 is 34.7 Å². The van der Waals surface area contributed by atoms with E-state index < -0.39 is 35.2 Å². The molecule has 2 aromatic rings. The summed E-state index contributed by atoms with van der Waals surface area (Å²) >= 11 is 0. The van der Waals surface area contributed by atoms with Gasteiger partial charge in [-0.25, -0.2) is 16.8 Å². The Morgan fingerprint density at radius 2 is 1.65 bits per heavy atom. The first-order valence-electron chi connectivity index (χ1n) is 6.77. The normalized spacial score (nSPS) is 12.6. The summed E-state index contributed by atoms with van der Waals surface area (Å²) in [5.74, 6) is -0.340. The highest BCUT2D eigenvalue weighted by Crippen LogP contribution is 2.35. The number of benzene rings is 2. The van der Waals surface area contributed by atoms with Gasteiger partial charge in [-0.3, -0.25) is 4.72 Å². The van der Waals surface area contributed by atoms with Gasteiger partial charge in [0.15, 0.2) is 0 Å². The summed E-state index contributed by atoms with van der Waals surface area (Å²) in [6.45, 7) is 0. The van der Waals surface area contributed by atoms with Gasteiger partial charge in [-0.15, -0.1) is 0 Å². The Morgan fingerprint density at radius 3 is 2.19 bits per heavy atom. The molecule has 2 rings (SSSR count). The number of rotatable bonds is 5. The SMILES string of the molecule is COc1ccc(S(=O)(=O)C(F)(F)F)cc1S(=O)(=O)Nc1ccccc1N. The number of halogens is 3. The molecule has 0 aromatic heterocycles. The minimum atomic E-state index is -5.74. The van der Waals surface area contributed by atoms with Crippen LogP contribution in [0.1, 0.15) is 0 Å². The van der Waals surface area contributed by atoms with Crippen LogP contribution in [0.15, 0.2) is 52.3 Å². The van der Waals surface area contributed by atoms with Crippen LogP contribution in [0.5, 0.6) is 5.75 Å². The van der Waals surface area contributed by atoms with Crippen LogP contribution >= 0.6 is 0 Å². The number of nitrogens with one attached hydrogen (secondary N) is 1. The van der Waals surface area contributed by atoms with Gasteiger partial charge in [-0.1, -0.05) is 12.1 Å². The molecule has 3 N–H and O–H groups in total. The zero-order valence-electron chi connectivity index (χ0n) is 13.1. The van der Waals surface area contributed by atoms with E-state index >= 15 is 0 Å². The van der Waals surface area contributed by atoms with Gasteiger partial charge in [-0.05, 0) is 30.3 Å². The maximum atomic E-state index is 12.7. The molecule has 0 aliphatic heterocycles. The summed E-state index contributed by atoms with van der Waals surface area (Å²) in [5.41, 5.74) is 0.0813. The van der Waals surface area contributed by atoms with E-state index in [4.69, 9.17) is 10.5 Å². The predicted octanol–water partition coefficient (Wildman–Crippen LogP) is 2.37. The lowest BCUT2D eigenvalue weighted by atomic mass is 10.3. The monoisotopic (exact) mass is 410 g/mol. The van der Waals surface area contributed by atoms with Gasteiger partial charge in [0.1, 0.15) is 10.6 Å². The number of anilines is 2. The number of alkyl halides is 3. The molecule has 0 saturated heterocycles. The fraction of sp³-hybridized carbons (Fsp3) is 0.143. The van der Waals surface area contributed by atoms with Crippen molar-refractivity contribution >= 4 is 31.2 Å². The highest BCUT2D eigenvalue weighted by atomic mass is 32.2. The molecule has 0 unspecified atom stereocenters. The molecule has 0 atom stereocenters. The molecule has 0 spiro atoms. The third-order valence-corrected chi connectivity index (χ3v) is 6.12. The number of sulfone groups is 1. The largest absolute Gasteiger partial charge is 0.501 e. The molecule has 26 heavy (non-hydrogen) atoms. The first-order valence-corrected chi connectivity index (χ1v) is 9.73. The van der Waals surface area contributed by atoms with E-state index in [1.54, 1.807) is 6.07 Å². The van der Waals surface area contributed by atoms with Crippen LogP contribution in [0, 0.1) is 0 Å². The molecule has 0 saturated carbocycles. The van der Waals surface area contributed by atoms with Gasteiger partial charge in [-0.2, -0.15) is 13.2 Å². The van der Waals surface area contributed by atoms with Crippen LogP contribution in [0.3, 0.4) is 0 Å². The molecule has 7 nitrogen and oxygen atoms in total. The highest BCUT2D eigenvalue weighted by Gasteiger charge is 2.47. The predicted molar refractivity (Wildman–Crippen MR) is 87.9 cm³/mol. The average Bonchev–Trinajstić information content (AvgIpc) is 2.55. The molecular weight excluding hydrogens is 397 g/mol. The number of nitrogen functional groups attached to an aromatic ring is 1. The summed E-state index contributed by atoms with van der Waals surface area (Å²) in [6, 6.07) is 7.57. The number of para-hydroxylation sites is 2. The van der Waals surface area contributed by atoms with E-state index in [1.165, 1.54) is 18.2 Å². The lowest BCUT2D eigenvalue weighted by molar-refractivity contribution is -0.0436. The van der Waals surface area contributed by atoms with Crippen molar-refractivity contribution in [1.29, 1.82) is 0 Å². The lowest BCUT2D eigenvalue weighted by Crippen LogP contribution is -2.24. The van der Waals surface area contributed by atoms with Gasteiger partial charge in [0.05, 0.1) is 23.4 Å². The quantitative estimate of drug-likeness (QED) is 0.732. The number of hydrogen-bond donors (Lipinski definition) is 2. The van der Waals surface area contributed by atoms with Crippen LogP contribution in [0.25, 0.3) is 0 Å². The van der Waals surface area contributed by atoms with Gasteiger partial charge in [0, 0.05) is 0 Å². The van der Waals surface area contributed by atoms with Crippen molar-refractivity contribution in [3.05, 3.63) is 42.5 Å². The number of methoxy groups -OCH3 is 1. The van der Waals surface area contributed by atoms with E-state index in [0.29, 0.717) is 12.1 Å². The lowest BCUT2D eigenvalue weighted by Gasteiger charge is -2.15. The van der Waals surface area contributed by atoms with Crippen molar-refractivity contribution in [3.63, 3.8) is 0 Å². The van der Waals surface area contributed by atoms with Gasteiger partial charge in [0.2, 0.25) is 0 Å². The average molecular weight is 410 g/mol. The van der Waals surface area contributed by atoms with Gasteiger partial charge in [0.25, 0.3) is 19.9 Å². The van der Waals surface area contributed by atoms with Crippen LogP contribution in [0.4, 0.5) is 24.5 Å². The molecule has 0 bridgehead atoms. The van der Waals surface area contributed by atoms with E-state index in [2.05, 4.69) is 4.72 Å². The van der Waals surface area contributed by atoms with Gasteiger partial charge < -0.3 is 10.5 Å². The second-order valence-electron chi connectivity index (χ2n) is 4.95. The molecule has 0 heterocycles. The number of sulfonamides is 1. The summed E-state index contributed by atoms with van der Waals surface area (Å²) < 4.78 is 93.3. The summed E-state index contributed by atoms with van der Waals surface area (Å²) in [5, 5.41) is 0. The fourth-order valence-corrected chi connectivity index (χ4v) is 4.10. The molecule has 12 heteroatoms. The van der Waals surface area contributed by atoms with E-state index in [9.17, 15) is 30.0 Å². The van der Waals surface area contributed by atoms with Crippen molar-refractivity contribution in [2.24, 2.45) is 0 Å². The maximum Gasteiger partial charge on any atom is 0.501 e. The molecule has 0 aliphatic rings. The Bertz CT molecular complexity index is 1030. The molecule has 0 fully saturated rings. The van der Waals surface area contributed by atoms with E-state index in [-0.39, 0.29) is 17.1 Å². The van der Waals surface area contributed by atoms with Crippen molar-refractivity contribution in [3.8, 4) is 5.75 Å². The zero-order valence-corrected chi connectivity index (χ0v) is 14.7. The maximum absolute atomic E-state index is 12.7. The fourth-order valence-electron chi connectivity index (χ4n) is 1.96. The molecular formula is C14H13F3N2O5S2. The zero-order chi connectivity index (χ0) is 19.8. The van der Waals surface area contributed by atoms with Crippen LogP contribution in [-0.2, 0) is 19.9 Å². The van der Waals surface area contributed by atoms with Gasteiger partial charge >= 0.3 is 5.51 Å². The number of ether oxygens (including phenoxy) is 1. The molecule has 2 aromatic carbocycles. The minimum absolute atomic E-state index is 0.0290. The van der Waals surface area contributed by atoms with Crippen molar-refractivity contribution in [2.45, 2.75) is 15.3 Å². The molecule has 0 aliphatic carbocycles. The Labute approximate surface area is 147 Å². The Kier molecular flexibility index (Phi) is 5.10.